The fourth-order valence-electron chi connectivity index (χ4n) is 2.88. The van der Waals surface area contributed by atoms with Crippen LogP contribution in [-0.4, -0.2) is 75.7 Å². The van der Waals surface area contributed by atoms with Gasteiger partial charge in [-0.15, -0.1) is 24.0 Å². The number of likely N-dealkylation sites (N-methyl/N-ethyl adjacent to an activating group) is 2. The molecule has 1 fully saturated rings. The Morgan fingerprint density at radius 1 is 1.31 bits per heavy atom. The first-order valence-electron chi connectivity index (χ1n) is 8.79. The number of benzene rings is 1. The van der Waals surface area contributed by atoms with Crippen LogP contribution in [0, 0.1) is 0 Å². The van der Waals surface area contributed by atoms with Crippen LogP contribution < -0.4 is 15.4 Å². The van der Waals surface area contributed by atoms with Crippen molar-refractivity contribution < 1.29 is 4.74 Å². The van der Waals surface area contributed by atoms with Crippen molar-refractivity contribution in [3.8, 4) is 5.75 Å². The molecule has 0 aromatic heterocycles. The lowest BCUT2D eigenvalue weighted by atomic mass is 10.2. The van der Waals surface area contributed by atoms with Crippen LogP contribution in [0.1, 0.15) is 5.56 Å². The van der Waals surface area contributed by atoms with E-state index in [1.165, 1.54) is 0 Å². The molecule has 2 N–H and O–H groups in total. The van der Waals surface area contributed by atoms with Gasteiger partial charge in [0.25, 0.3) is 0 Å². The van der Waals surface area contributed by atoms with Crippen molar-refractivity contribution in [1.29, 1.82) is 0 Å². The van der Waals surface area contributed by atoms with Gasteiger partial charge in [0, 0.05) is 51.4 Å². The van der Waals surface area contributed by atoms with Gasteiger partial charge in [0.05, 0.1) is 0 Å². The number of guanidine groups is 1. The van der Waals surface area contributed by atoms with Crippen LogP contribution in [0.4, 0.5) is 0 Å². The van der Waals surface area contributed by atoms with E-state index in [9.17, 15) is 0 Å². The average molecular weight is 473 g/mol. The number of halogens is 1. The summed E-state index contributed by atoms with van der Waals surface area (Å²) in [6, 6.07) is 8.51. The van der Waals surface area contributed by atoms with Crippen molar-refractivity contribution >= 4 is 29.9 Å². The maximum atomic E-state index is 5.70. The van der Waals surface area contributed by atoms with Crippen LogP contribution >= 0.6 is 24.0 Å². The van der Waals surface area contributed by atoms with Gasteiger partial charge in [0.2, 0.25) is 0 Å². The van der Waals surface area contributed by atoms with Gasteiger partial charge in [-0.2, -0.15) is 0 Å². The van der Waals surface area contributed by atoms with E-state index in [1.54, 1.807) is 13.1 Å². The number of para-hydroxylation sites is 1. The molecule has 1 saturated heterocycles. The van der Waals surface area contributed by atoms with Crippen LogP contribution in [0.2, 0.25) is 0 Å². The number of aliphatic imine (C=N–C) groups is 1. The Hall–Kier alpha value is -1.32. The summed E-state index contributed by atoms with van der Waals surface area (Å²) in [5.74, 6) is 1.68. The Bertz CT molecular complexity index is 581. The zero-order chi connectivity index (χ0) is 18.1. The standard InChI is InChI=1S/C19H31N5O.HI/c1-5-12-25-18-9-7-6-8-16(18)13-21-19(20-2)22-14-17-15-23(3)10-11-24(17)4;/h5-9,17H,1,10-15H2,2-4H3,(H2,20,21,22);1H. The van der Waals surface area contributed by atoms with E-state index in [0.717, 1.165) is 43.5 Å². The second kappa shape index (κ2) is 12.1. The largest absolute Gasteiger partial charge is 0.489 e. The van der Waals surface area contributed by atoms with Crippen LogP contribution in [0.25, 0.3) is 0 Å². The van der Waals surface area contributed by atoms with Gasteiger partial charge in [-0.3, -0.25) is 9.89 Å². The third-order valence-electron chi connectivity index (χ3n) is 4.48. The maximum absolute atomic E-state index is 5.70. The molecule has 6 nitrogen and oxygen atoms in total. The molecule has 0 bridgehead atoms. The summed E-state index contributed by atoms with van der Waals surface area (Å²) >= 11 is 0. The van der Waals surface area contributed by atoms with Crippen molar-refractivity contribution in [2.45, 2.75) is 12.6 Å². The highest BCUT2D eigenvalue weighted by Crippen LogP contribution is 2.17. The molecule has 0 aliphatic carbocycles. The zero-order valence-corrected chi connectivity index (χ0v) is 18.4. The highest BCUT2D eigenvalue weighted by molar-refractivity contribution is 14.0. The summed E-state index contributed by atoms with van der Waals surface area (Å²) in [5, 5.41) is 6.81. The van der Waals surface area contributed by atoms with Gasteiger partial charge in [-0.1, -0.05) is 30.9 Å². The number of hydrogen-bond acceptors (Lipinski definition) is 4. The van der Waals surface area contributed by atoms with Gasteiger partial charge in [0.15, 0.2) is 5.96 Å². The molecule has 1 atom stereocenters. The van der Waals surface area contributed by atoms with E-state index in [0.29, 0.717) is 19.2 Å². The van der Waals surface area contributed by atoms with Crippen LogP contribution in [0.5, 0.6) is 5.75 Å². The number of piperazine rings is 1. The summed E-state index contributed by atoms with van der Waals surface area (Å²) in [5.41, 5.74) is 1.10. The topological polar surface area (TPSA) is 52.1 Å². The molecule has 7 heteroatoms. The van der Waals surface area contributed by atoms with E-state index in [4.69, 9.17) is 4.74 Å². The molecular weight excluding hydrogens is 441 g/mol. The van der Waals surface area contributed by atoms with E-state index < -0.39 is 0 Å². The average Bonchev–Trinajstić information content (AvgIpc) is 2.63. The van der Waals surface area contributed by atoms with Gasteiger partial charge < -0.3 is 20.3 Å². The minimum atomic E-state index is 0. The van der Waals surface area contributed by atoms with Crippen LogP contribution in [0.15, 0.2) is 41.9 Å². The summed E-state index contributed by atoms with van der Waals surface area (Å²) in [6.07, 6.45) is 1.75. The normalized spacial score (nSPS) is 18.7. The predicted octanol–water partition coefficient (Wildman–Crippen LogP) is 1.78. The molecule has 1 heterocycles. The molecule has 0 radical (unpaired) electrons. The first-order valence-corrected chi connectivity index (χ1v) is 8.79. The Morgan fingerprint density at radius 3 is 2.81 bits per heavy atom. The van der Waals surface area contributed by atoms with Gasteiger partial charge in [-0.25, -0.2) is 0 Å². The Balaban J connectivity index is 0.00000338. The maximum Gasteiger partial charge on any atom is 0.191 e. The van der Waals surface area contributed by atoms with Gasteiger partial charge in [0.1, 0.15) is 12.4 Å². The summed E-state index contributed by atoms with van der Waals surface area (Å²) in [6.45, 7) is 9.03. The number of nitrogens with zero attached hydrogens (tertiary/aromatic N) is 3. The van der Waals surface area contributed by atoms with Crippen molar-refractivity contribution in [2.75, 3.05) is 53.9 Å². The molecule has 146 valence electrons. The quantitative estimate of drug-likeness (QED) is 0.274. The molecule has 1 unspecified atom stereocenters. The van der Waals surface area contributed by atoms with Gasteiger partial charge in [-0.05, 0) is 20.2 Å². The second-order valence-corrected chi connectivity index (χ2v) is 6.41. The summed E-state index contributed by atoms with van der Waals surface area (Å²) < 4.78 is 5.70. The minimum Gasteiger partial charge on any atom is -0.489 e. The molecule has 0 spiro atoms. The van der Waals surface area contributed by atoms with Crippen molar-refractivity contribution in [2.24, 2.45) is 4.99 Å². The van der Waals surface area contributed by atoms with Crippen LogP contribution in [0.3, 0.4) is 0 Å². The third-order valence-corrected chi connectivity index (χ3v) is 4.48. The summed E-state index contributed by atoms with van der Waals surface area (Å²) in [4.78, 5) is 9.10. The van der Waals surface area contributed by atoms with E-state index in [2.05, 4.69) is 52.2 Å². The SMILES string of the molecule is C=CCOc1ccccc1CNC(=NC)NCC1CN(C)CCN1C.I. The second-order valence-electron chi connectivity index (χ2n) is 6.41. The van der Waals surface area contributed by atoms with E-state index >= 15 is 0 Å². The number of hydrogen-bond donors (Lipinski definition) is 2. The van der Waals surface area contributed by atoms with Crippen molar-refractivity contribution in [1.82, 2.24) is 20.4 Å². The lowest BCUT2D eigenvalue weighted by Gasteiger charge is -2.37. The molecule has 0 saturated carbocycles. The monoisotopic (exact) mass is 473 g/mol. The first kappa shape index (κ1) is 22.7. The Labute approximate surface area is 174 Å². The minimum absolute atomic E-state index is 0. The zero-order valence-electron chi connectivity index (χ0n) is 16.1. The first-order chi connectivity index (χ1) is 12.1. The number of nitrogens with one attached hydrogen (secondary N) is 2. The van der Waals surface area contributed by atoms with Crippen molar-refractivity contribution in [3.05, 3.63) is 42.5 Å². The van der Waals surface area contributed by atoms with Gasteiger partial charge >= 0.3 is 0 Å². The molecular formula is C19H32IN5O. The molecule has 1 aromatic rings. The molecule has 2 rings (SSSR count). The van der Waals surface area contributed by atoms with Crippen LogP contribution in [-0.2, 0) is 6.54 Å². The predicted molar refractivity (Wildman–Crippen MR) is 120 cm³/mol. The lowest BCUT2D eigenvalue weighted by Crippen LogP contribution is -2.55. The van der Waals surface area contributed by atoms with E-state index in [-0.39, 0.29) is 24.0 Å². The van der Waals surface area contributed by atoms with E-state index in [1.807, 2.05) is 18.2 Å². The molecule has 1 aliphatic rings. The lowest BCUT2D eigenvalue weighted by molar-refractivity contribution is 0.116. The smallest absolute Gasteiger partial charge is 0.191 e. The number of ether oxygens (including phenoxy) is 1. The molecule has 0 amide bonds. The fraction of sp³-hybridized carbons (Fsp3) is 0.526. The van der Waals surface area contributed by atoms with Crippen molar-refractivity contribution in [3.63, 3.8) is 0 Å². The molecule has 26 heavy (non-hydrogen) atoms. The number of rotatable bonds is 7. The third kappa shape index (κ3) is 7.13. The molecule has 1 aromatic carbocycles. The fourth-order valence-corrected chi connectivity index (χ4v) is 2.88. The molecule has 1 aliphatic heterocycles. The Morgan fingerprint density at radius 2 is 2.08 bits per heavy atom. The highest BCUT2D eigenvalue weighted by Gasteiger charge is 2.22. The Kier molecular flexibility index (Phi) is 10.6. The summed E-state index contributed by atoms with van der Waals surface area (Å²) in [7, 11) is 6.15. The highest BCUT2D eigenvalue weighted by atomic mass is 127.